The lowest BCUT2D eigenvalue weighted by Crippen LogP contribution is -2.27. The number of rotatable bonds is 7. The van der Waals surface area contributed by atoms with Gasteiger partial charge in [-0.25, -0.2) is 4.98 Å². The maximum atomic E-state index is 12.3. The Morgan fingerprint density at radius 3 is 2.82 bits per heavy atom. The van der Waals surface area contributed by atoms with E-state index in [0.29, 0.717) is 36.0 Å². The minimum absolute atomic E-state index is 0.0424. The van der Waals surface area contributed by atoms with Crippen molar-refractivity contribution in [2.75, 3.05) is 7.11 Å². The number of nitrogens with zero attached hydrogens (tertiary/aromatic N) is 1. The van der Waals surface area contributed by atoms with Gasteiger partial charge in [-0.05, 0) is 38.5 Å². The molecule has 3 rings (SSSR count). The minimum Gasteiger partial charge on any atom is -0.496 e. The molecule has 6 heteroatoms. The van der Waals surface area contributed by atoms with E-state index in [1.54, 1.807) is 13.2 Å². The second kappa shape index (κ2) is 8.69. The average molecular weight is 379 g/mol. The van der Waals surface area contributed by atoms with E-state index in [2.05, 4.69) is 15.3 Å². The summed E-state index contributed by atoms with van der Waals surface area (Å²) in [5, 5.41) is 3.59. The molecule has 3 aromatic rings. The van der Waals surface area contributed by atoms with Crippen LogP contribution in [0.2, 0.25) is 0 Å². The number of carbonyl (C=O) groups excluding carboxylic acids is 1. The van der Waals surface area contributed by atoms with Crippen LogP contribution in [0.15, 0.2) is 47.3 Å². The van der Waals surface area contributed by atoms with E-state index in [0.717, 1.165) is 16.9 Å². The Bertz CT molecular complexity index is 1040. The lowest BCUT2D eigenvalue weighted by molar-refractivity contribution is -0.121. The van der Waals surface area contributed by atoms with E-state index in [9.17, 15) is 9.59 Å². The Kier molecular flexibility index (Phi) is 6.09. The predicted octanol–water partition coefficient (Wildman–Crippen LogP) is 3.44. The molecule has 1 heterocycles. The fourth-order valence-corrected chi connectivity index (χ4v) is 3.25. The van der Waals surface area contributed by atoms with Crippen molar-refractivity contribution in [3.05, 3.63) is 69.8 Å². The fraction of sp³-hybridized carbons (Fsp3) is 0.318. The minimum atomic E-state index is -0.152. The number of amides is 1. The number of aromatic nitrogens is 2. The summed E-state index contributed by atoms with van der Waals surface area (Å²) < 4.78 is 5.40. The van der Waals surface area contributed by atoms with Crippen LogP contribution < -0.4 is 15.6 Å². The van der Waals surface area contributed by atoms with Gasteiger partial charge in [0.2, 0.25) is 5.91 Å². The van der Waals surface area contributed by atoms with E-state index in [-0.39, 0.29) is 17.5 Å². The summed E-state index contributed by atoms with van der Waals surface area (Å²) in [6.45, 7) is 3.95. The maximum absolute atomic E-state index is 12.3. The third-order valence-corrected chi connectivity index (χ3v) is 4.71. The van der Waals surface area contributed by atoms with Crippen LogP contribution in [0.25, 0.3) is 10.9 Å². The normalized spacial score (nSPS) is 12.0. The lowest BCUT2D eigenvalue weighted by Gasteiger charge is -2.18. The van der Waals surface area contributed by atoms with Gasteiger partial charge in [0.15, 0.2) is 0 Å². The van der Waals surface area contributed by atoms with Crippen molar-refractivity contribution in [3.8, 4) is 5.75 Å². The second-order valence-electron chi connectivity index (χ2n) is 6.92. The van der Waals surface area contributed by atoms with Gasteiger partial charge in [0.1, 0.15) is 11.6 Å². The van der Waals surface area contributed by atoms with Crippen molar-refractivity contribution in [2.45, 2.75) is 39.2 Å². The molecule has 0 radical (unpaired) electrons. The first kappa shape index (κ1) is 19.6. The Balaban J connectivity index is 1.58. The van der Waals surface area contributed by atoms with Crippen molar-refractivity contribution < 1.29 is 9.53 Å². The van der Waals surface area contributed by atoms with Gasteiger partial charge in [0, 0.05) is 18.4 Å². The summed E-state index contributed by atoms with van der Waals surface area (Å²) >= 11 is 0. The van der Waals surface area contributed by atoms with Gasteiger partial charge in [-0.2, -0.15) is 0 Å². The number of ether oxygens (including phenoxy) is 1. The number of hydrogen-bond donors (Lipinski definition) is 2. The van der Waals surface area contributed by atoms with Crippen LogP contribution in [0.5, 0.6) is 5.75 Å². The molecule has 0 aliphatic rings. The molecule has 28 heavy (non-hydrogen) atoms. The van der Waals surface area contributed by atoms with Crippen LogP contribution in [-0.4, -0.2) is 23.0 Å². The zero-order chi connectivity index (χ0) is 20.1. The smallest absolute Gasteiger partial charge is 0.258 e. The van der Waals surface area contributed by atoms with Crippen LogP contribution in [0, 0.1) is 6.92 Å². The summed E-state index contributed by atoms with van der Waals surface area (Å²) in [6, 6.07) is 13.0. The number of hydrogen-bond acceptors (Lipinski definition) is 4. The highest BCUT2D eigenvalue weighted by Crippen LogP contribution is 2.26. The first-order chi connectivity index (χ1) is 13.5. The largest absolute Gasteiger partial charge is 0.496 e. The van der Waals surface area contributed by atoms with E-state index in [4.69, 9.17) is 4.74 Å². The number of benzene rings is 2. The Morgan fingerprint density at radius 1 is 1.25 bits per heavy atom. The predicted molar refractivity (Wildman–Crippen MR) is 110 cm³/mol. The number of fused-ring (bicyclic) bond motifs is 1. The third kappa shape index (κ3) is 4.57. The SMILES string of the molecule is COc1ccc(C)cc1C(C)NC(=O)CCCc1nc2ccccc2c(=O)[nH]1. The number of carbonyl (C=O) groups is 1. The lowest BCUT2D eigenvalue weighted by atomic mass is 10.0. The maximum Gasteiger partial charge on any atom is 0.258 e. The molecule has 2 N–H and O–H groups in total. The molecule has 1 unspecified atom stereocenters. The topological polar surface area (TPSA) is 84.1 Å². The highest BCUT2D eigenvalue weighted by molar-refractivity contribution is 5.77. The van der Waals surface area contributed by atoms with Gasteiger partial charge in [0.25, 0.3) is 5.56 Å². The van der Waals surface area contributed by atoms with Crippen molar-refractivity contribution >= 4 is 16.8 Å². The van der Waals surface area contributed by atoms with E-state index >= 15 is 0 Å². The fourth-order valence-electron chi connectivity index (χ4n) is 3.25. The highest BCUT2D eigenvalue weighted by atomic mass is 16.5. The number of aryl methyl sites for hydroxylation is 2. The molecule has 0 aliphatic heterocycles. The molecule has 1 amide bonds. The average Bonchev–Trinajstić information content (AvgIpc) is 2.68. The van der Waals surface area contributed by atoms with Crippen LogP contribution in [-0.2, 0) is 11.2 Å². The van der Waals surface area contributed by atoms with Crippen molar-refractivity contribution in [1.29, 1.82) is 0 Å². The molecule has 0 saturated carbocycles. The van der Waals surface area contributed by atoms with Crippen molar-refractivity contribution in [1.82, 2.24) is 15.3 Å². The number of H-pyrrole nitrogens is 1. The number of methoxy groups -OCH3 is 1. The van der Waals surface area contributed by atoms with Gasteiger partial charge < -0.3 is 15.0 Å². The molecule has 0 spiro atoms. The summed E-state index contributed by atoms with van der Waals surface area (Å²) in [4.78, 5) is 31.7. The summed E-state index contributed by atoms with van der Waals surface area (Å²) in [7, 11) is 1.63. The molecule has 2 aromatic carbocycles. The van der Waals surface area contributed by atoms with Crippen LogP contribution >= 0.6 is 0 Å². The molecule has 146 valence electrons. The molecule has 1 atom stereocenters. The number of para-hydroxylation sites is 1. The van der Waals surface area contributed by atoms with Crippen LogP contribution in [0.3, 0.4) is 0 Å². The van der Waals surface area contributed by atoms with Crippen LogP contribution in [0.1, 0.15) is 42.8 Å². The zero-order valence-corrected chi connectivity index (χ0v) is 16.4. The summed E-state index contributed by atoms with van der Waals surface area (Å²) in [6.07, 6.45) is 1.50. The van der Waals surface area contributed by atoms with Gasteiger partial charge in [-0.3, -0.25) is 9.59 Å². The quantitative estimate of drug-likeness (QED) is 0.659. The highest BCUT2D eigenvalue weighted by Gasteiger charge is 2.14. The third-order valence-electron chi connectivity index (χ3n) is 4.71. The molecule has 1 aromatic heterocycles. The van der Waals surface area contributed by atoms with Gasteiger partial charge in [0.05, 0.1) is 24.1 Å². The molecule has 0 bridgehead atoms. The Labute approximate surface area is 164 Å². The summed E-state index contributed by atoms with van der Waals surface area (Å²) in [5.74, 6) is 1.32. The number of nitrogens with one attached hydrogen (secondary N) is 2. The molecule has 6 nitrogen and oxygen atoms in total. The molecule has 0 aliphatic carbocycles. The molecular formula is C22H25N3O3. The first-order valence-corrected chi connectivity index (χ1v) is 9.40. The monoisotopic (exact) mass is 379 g/mol. The summed E-state index contributed by atoms with van der Waals surface area (Å²) in [5.41, 5.74) is 2.59. The van der Waals surface area contributed by atoms with E-state index < -0.39 is 0 Å². The molecule has 0 saturated heterocycles. The number of aromatic amines is 1. The second-order valence-corrected chi connectivity index (χ2v) is 6.92. The Hall–Kier alpha value is -3.15. The first-order valence-electron chi connectivity index (χ1n) is 9.40. The van der Waals surface area contributed by atoms with Crippen molar-refractivity contribution in [2.24, 2.45) is 0 Å². The zero-order valence-electron chi connectivity index (χ0n) is 16.4. The molecule has 0 fully saturated rings. The van der Waals surface area contributed by atoms with Crippen LogP contribution in [0.4, 0.5) is 0 Å². The molecular weight excluding hydrogens is 354 g/mol. The van der Waals surface area contributed by atoms with Gasteiger partial charge in [-0.15, -0.1) is 0 Å². The van der Waals surface area contributed by atoms with E-state index in [1.165, 1.54) is 0 Å². The van der Waals surface area contributed by atoms with E-state index in [1.807, 2.05) is 50.2 Å². The van der Waals surface area contributed by atoms with Crippen molar-refractivity contribution in [3.63, 3.8) is 0 Å². The Morgan fingerprint density at radius 2 is 2.04 bits per heavy atom. The van der Waals surface area contributed by atoms with Gasteiger partial charge >= 0.3 is 0 Å². The standard InChI is InChI=1S/C22H25N3O3/c1-14-11-12-19(28-3)17(13-14)15(2)23-21(26)10-6-9-20-24-18-8-5-4-7-16(18)22(27)25-20/h4-5,7-8,11-13,15H,6,9-10H2,1-3H3,(H,23,26)(H,24,25,27). The van der Waals surface area contributed by atoms with Gasteiger partial charge in [-0.1, -0.05) is 29.8 Å².